The zero-order valence-corrected chi connectivity index (χ0v) is 9.49. The fourth-order valence-corrected chi connectivity index (χ4v) is 1.68. The number of hydrogen-bond donors (Lipinski definition) is 2. The van der Waals surface area contributed by atoms with Gasteiger partial charge in [0.05, 0.1) is 13.2 Å². The molecule has 0 rings (SSSR count). The van der Waals surface area contributed by atoms with Gasteiger partial charge in [-0.25, -0.2) is 0 Å². The summed E-state index contributed by atoms with van der Waals surface area (Å²) in [5, 5.41) is 11.7. The summed E-state index contributed by atoms with van der Waals surface area (Å²) in [6.07, 6.45) is -2.73. The van der Waals surface area contributed by atoms with Crippen molar-refractivity contribution in [2.75, 3.05) is 26.0 Å². The van der Waals surface area contributed by atoms with Crippen LogP contribution in [-0.2, 0) is 4.74 Å². The molecular formula is C8H16F3NO2S. The summed E-state index contributed by atoms with van der Waals surface area (Å²) >= 11 is 1.47. The van der Waals surface area contributed by atoms with Gasteiger partial charge >= 0.3 is 6.36 Å². The zero-order valence-electron chi connectivity index (χ0n) is 8.67. The lowest BCUT2D eigenvalue weighted by atomic mass is 10.2. The van der Waals surface area contributed by atoms with Crippen LogP contribution in [0.25, 0.3) is 0 Å². The molecule has 3 nitrogen and oxygen atoms in total. The van der Waals surface area contributed by atoms with Crippen LogP contribution in [0.5, 0.6) is 0 Å². The Bertz CT molecular complexity index is 164. The monoisotopic (exact) mass is 247 g/mol. The maximum Gasteiger partial charge on any atom is 0.522 e. The van der Waals surface area contributed by atoms with Crippen LogP contribution in [0, 0.1) is 0 Å². The van der Waals surface area contributed by atoms with Gasteiger partial charge in [0.2, 0.25) is 0 Å². The average Bonchev–Trinajstić information content (AvgIpc) is 2.13. The van der Waals surface area contributed by atoms with E-state index in [1.165, 1.54) is 11.8 Å². The summed E-state index contributed by atoms with van der Waals surface area (Å²) in [6.45, 7) is 1.50. The second-order valence-electron chi connectivity index (χ2n) is 2.99. The lowest BCUT2D eigenvalue weighted by Crippen LogP contribution is -2.39. The van der Waals surface area contributed by atoms with Crippen molar-refractivity contribution in [2.24, 2.45) is 0 Å². The highest BCUT2D eigenvalue weighted by Crippen LogP contribution is 2.15. The van der Waals surface area contributed by atoms with Crippen LogP contribution in [0.4, 0.5) is 13.2 Å². The molecule has 0 fully saturated rings. The molecular weight excluding hydrogens is 231 g/mol. The van der Waals surface area contributed by atoms with E-state index >= 15 is 0 Å². The molecule has 0 saturated heterocycles. The Morgan fingerprint density at radius 3 is 2.47 bits per heavy atom. The van der Waals surface area contributed by atoms with Gasteiger partial charge in [0, 0.05) is 17.8 Å². The number of halogens is 3. The van der Waals surface area contributed by atoms with Crippen LogP contribution in [-0.4, -0.2) is 48.8 Å². The van der Waals surface area contributed by atoms with E-state index in [1.807, 2.05) is 13.2 Å². The first-order valence-electron chi connectivity index (χ1n) is 4.48. The molecule has 2 unspecified atom stereocenters. The van der Waals surface area contributed by atoms with Crippen molar-refractivity contribution in [1.29, 1.82) is 0 Å². The Morgan fingerprint density at radius 1 is 1.47 bits per heavy atom. The number of aliphatic hydroxyl groups excluding tert-OH is 1. The third kappa shape index (κ3) is 7.89. The van der Waals surface area contributed by atoms with E-state index < -0.39 is 13.0 Å². The van der Waals surface area contributed by atoms with Crippen LogP contribution in [0.2, 0.25) is 0 Å². The van der Waals surface area contributed by atoms with Crippen LogP contribution in [0.1, 0.15) is 6.92 Å². The topological polar surface area (TPSA) is 41.5 Å². The number of thioether (sulfide) groups is 1. The molecule has 0 radical (unpaired) electrons. The molecule has 0 amide bonds. The maximum atomic E-state index is 11.6. The normalized spacial score (nSPS) is 16.4. The lowest BCUT2D eigenvalue weighted by Gasteiger charge is -2.21. The molecule has 0 aromatic heterocycles. The largest absolute Gasteiger partial charge is 0.522 e. The summed E-state index contributed by atoms with van der Waals surface area (Å²) in [4.78, 5) is 0. The van der Waals surface area contributed by atoms with E-state index in [0.717, 1.165) is 0 Å². The van der Waals surface area contributed by atoms with E-state index in [0.29, 0.717) is 0 Å². The fourth-order valence-electron chi connectivity index (χ4n) is 1.02. The molecule has 0 aliphatic carbocycles. The van der Waals surface area contributed by atoms with E-state index in [9.17, 15) is 13.2 Å². The van der Waals surface area contributed by atoms with E-state index in [1.54, 1.807) is 0 Å². The van der Waals surface area contributed by atoms with Crippen molar-refractivity contribution in [1.82, 2.24) is 5.32 Å². The lowest BCUT2D eigenvalue weighted by molar-refractivity contribution is -0.323. The van der Waals surface area contributed by atoms with Crippen LogP contribution < -0.4 is 5.32 Å². The fraction of sp³-hybridized carbons (Fsp3) is 1.00. The molecule has 15 heavy (non-hydrogen) atoms. The summed E-state index contributed by atoms with van der Waals surface area (Å²) in [5.41, 5.74) is 0. The highest BCUT2D eigenvalue weighted by atomic mass is 32.2. The number of rotatable bonds is 7. The first-order chi connectivity index (χ1) is 6.90. The summed E-state index contributed by atoms with van der Waals surface area (Å²) in [7, 11) is 0. The van der Waals surface area contributed by atoms with E-state index in [4.69, 9.17) is 5.11 Å². The predicted octanol–water partition coefficient (Wildman–Crippen LogP) is 1.22. The van der Waals surface area contributed by atoms with Crippen LogP contribution in [0.3, 0.4) is 0 Å². The second-order valence-corrected chi connectivity index (χ2v) is 4.07. The molecule has 7 heteroatoms. The van der Waals surface area contributed by atoms with Crippen LogP contribution in [0.15, 0.2) is 0 Å². The highest BCUT2D eigenvalue weighted by Gasteiger charge is 2.28. The smallest absolute Gasteiger partial charge is 0.395 e. The molecule has 2 atom stereocenters. The minimum Gasteiger partial charge on any atom is -0.395 e. The van der Waals surface area contributed by atoms with Crippen molar-refractivity contribution in [3.8, 4) is 0 Å². The summed E-state index contributed by atoms with van der Waals surface area (Å²) in [5.74, 6) is 0. The first kappa shape index (κ1) is 15.0. The standard InChI is InChI=1S/C8H16F3NO2S/c1-6(7(5-13)15-2)12-3-4-14-8(9,10)11/h6-7,12-13H,3-5H2,1-2H3. The third-order valence-corrected chi connectivity index (χ3v) is 3.04. The van der Waals surface area contributed by atoms with Crippen molar-refractivity contribution in [3.05, 3.63) is 0 Å². The van der Waals surface area contributed by atoms with Gasteiger partial charge in [0.15, 0.2) is 0 Å². The minimum atomic E-state index is -4.57. The zero-order chi connectivity index (χ0) is 11.9. The SMILES string of the molecule is CSC(CO)C(C)NCCOC(F)(F)F. The second kappa shape index (κ2) is 7.32. The van der Waals surface area contributed by atoms with Gasteiger partial charge in [-0.1, -0.05) is 0 Å². The Hall–Kier alpha value is 0.0200. The molecule has 0 aromatic carbocycles. The van der Waals surface area contributed by atoms with Crippen molar-refractivity contribution >= 4 is 11.8 Å². The number of nitrogens with one attached hydrogen (secondary N) is 1. The molecule has 0 bridgehead atoms. The molecule has 2 N–H and O–H groups in total. The number of hydrogen-bond acceptors (Lipinski definition) is 4. The van der Waals surface area contributed by atoms with Crippen molar-refractivity contribution < 1.29 is 23.0 Å². The van der Waals surface area contributed by atoms with Gasteiger partial charge in [-0.05, 0) is 13.2 Å². The maximum absolute atomic E-state index is 11.6. The Kier molecular flexibility index (Phi) is 7.33. The number of ether oxygens (including phenoxy) is 1. The molecule has 0 aromatic rings. The molecule has 92 valence electrons. The van der Waals surface area contributed by atoms with E-state index in [2.05, 4.69) is 10.1 Å². The Labute approximate surface area is 91.4 Å². The van der Waals surface area contributed by atoms with E-state index in [-0.39, 0.29) is 24.4 Å². The molecule has 0 aliphatic rings. The Balaban J connectivity index is 3.58. The summed E-state index contributed by atoms with van der Waals surface area (Å²) in [6, 6.07) is -0.0539. The van der Waals surface area contributed by atoms with Gasteiger partial charge in [-0.3, -0.25) is 4.74 Å². The van der Waals surface area contributed by atoms with Crippen molar-refractivity contribution in [2.45, 2.75) is 24.6 Å². The van der Waals surface area contributed by atoms with Gasteiger partial charge in [0.25, 0.3) is 0 Å². The number of aliphatic hydroxyl groups is 1. The Morgan fingerprint density at radius 2 is 2.07 bits per heavy atom. The first-order valence-corrected chi connectivity index (χ1v) is 5.77. The summed E-state index contributed by atoms with van der Waals surface area (Å²) < 4.78 is 38.3. The van der Waals surface area contributed by atoms with Gasteiger partial charge in [-0.15, -0.1) is 13.2 Å². The quantitative estimate of drug-likeness (QED) is 0.664. The van der Waals surface area contributed by atoms with Gasteiger partial charge < -0.3 is 10.4 Å². The number of alkyl halides is 3. The average molecular weight is 247 g/mol. The minimum absolute atomic E-state index is 0.00450. The van der Waals surface area contributed by atoms with Crippen LogP contribution >= 0.6 is 11.8 Å². The molecule has 0 spiro atoms. The molecule has 0 saturated carbocycles. The molecule has 0 heterocycles. The van der Waals surface area contributed by atoms with Gasteiger partial charge in [0.1, 0.15) is 0 Å². The van der Waals surface area contributed by atoms with Crippen molar-refractivity contribution in [3.63, 3.8) is 0 Å². The molecule has 0 aliphatic heterocycles. The van der Waals surface area contributed by atoms with Gasteiger partial charge in [-0.2, -0.15) is 11.8 Å². The third-order valence-electron chi connectivity index (χ3n) is 1.87. The highest BCUT2D eigenvalue weighted by molar-refractivity contribution is 7.99. The predicted molar refractivity (Wildman–Crippen MR) is 53.9 cm³/mol.